The molecule has 0 aliphatic rings. The molecule has 0 heterocycles. The van der Waals surface area contributed by atoms with Crippen LogP contribution in [0.5, 0.6) is 0 Å². The molecular weight excluding hydrogens is 267 g/mol. The summed E-state index contributed by atoms with van der Waals surface area (Å²) in [4.78, 5) is 11.7. The largest absolute Gasteiger partial charge is 0.399 e. The van der Waals surface area contributed by atoms with E-state index in [-0.39, 0.29) is 22.2 Å². The van der Waals surface area contributed by atoms with Crippen molar-refractivity contribution in [1.82, 2.24) is 5.32 Å². The SMILES string of the molecule is Nc1cc(Cl)c(Cl)c(C(=O)NCC(O)CO)c1. The van der Waals surface area contributed by atoms with Gasteiger partial charge in [-0.3, -0.25) is 4.79 Å². The molecule has 0 spiro atoms. The average Bonchev–Trinajstić information content (AvgIpc) is 2.30. The Bertz CT molecular complexity index is 426. The lowest BCUT2D eigenvalue weighted by Gasteiger charge is -2.11. The quantitative estimate of drug-likeness (QED) is 0.609. The van der Waals surface area contributed by atoms with Gasteiger partial charge >= 0.3 is 0 Å². The molecule has 1 aromatic rings. The number of halogens is 2. The first kappa shape index (κ1) is 14.1. The molecule has 1 unspecified atom stereocenters. The van der Waals surface area contributed by atoms with Crippen molar-refractivity contribution >= 4 is 34.8 Å². The minimum absolute atomic E-state index is 0.0852. The van der Waals surface area contributed by atoms with E-state index in [1.165, 1.54) is 12.1 Å². The van der Waals surface area contributed by atoms with Crippen LogP contribution in [0.25, 0.3) is 0 Å². The van der Waals surface area contributed by atoms with Gasteiger partial charge in [0.1, 0.15) is 0 Å². The van der Waals surface area contributed by atoms with E-state index in [2.05, 4.69) is 5.32 Å². The standard InChI is InChI=1S/C10H12Cl2N2O3/c11-8-2-5(13)1-7(9(8)12)10(17)14-3-6(16)4-15/h1-2,6,15-16H,3-4,13H2,(H,14,17). The number of hydrogen-bond donors (Lipinski definition) is 4. The fraction of sp³-hybridized carbons (Fsp3) is 0.300. The number of amides is 1. The third-order valence-corrected chi connectivity index (χ3v) is 2.81. The summed E-state index contributed by atoms with van der Waals surface area (Å²) in [5, 5.41) is 20.3. The Hall–Kier alpha value is -1.01. The zero-order chi connectivity index (χ0) is 13.0. The highest BCUT2D eigenvalue weighted by Gasteiger charge is 2.14. The first-order chi connectivity index (χ1) is 7.95. The molecule has 0 aliphatic carbocycles. The fourth-order valence-corrected chi connectivity index (χ4v) is 1.57. The number of aliphatic hydroxyl groups is 2. The van der Waals surface area contributed by atoms with Crippen molar-refractivity contribution in [1.29, 1.82) is 0 Å². The second-order valence-electron chi connectivity index (χ2n) is 3.41. The highest BCUT2D eigenvalue weighted by atomic mass is 35.5. The first-order valence-electron chi connectivity index (χ1n) is 4.77. The van der Waals surface area contributed by atoms with E-state index < -0.39 is 18.6 Å². The maximum absolute atomic E-state index is 11.7. The number of carbonyl (C=O) groups is 1. The van der Waals surface area contributed by atoms with E-state index in [9.17, 15) is 4.79 Å². The third-order valence-electron chi connectivity index (χ3n) is 2.00. The Morgan fingerprint density at radius 2 is 2.12 bits per heavy atom. The Balaban J connectivity index is 2.82. The number of aliphatic hydroxyl groups excluding tert-OH is 2. The van der Waals surface area contributed by atoms with Gasteiger partial charge < -0.3 is 21.3 Å². The van der Waals surface area contributed by atoms with Gasteiger partial charge in [0, 0.05) is 12.2 Å². The smallest absolute Gasteiger partial charge is 0.253 e. The second kappa shape index (κ2) is 6.07. The van der Waals surface area contributed by atoms with Crippen molar-refractivity contribution < 1.29 is 15.0 Å². The molecule has 94 valence electrons. The molecule has 1 aromatic carbocycles. The lowest BCUT2D eigenvalue weighted by Crippen LogP contribution is -2.34. The van der Waals surface area contributed by atoms with Crippen LogP contribution in [0, 0.1) is 0 Å². The molecule has 5 N–H and O–H groups in total. The molecule has 17 heavy (non-hydrogen) atoms. The van der Waals surface area contributed by atoms with E-state index in [0.717, 1.165) is 0 Å². The minimum Gasteiger partial charge on any atom is -0.399 e. The lowest BCUT2D eigenvalue weighted by molar-refractivity contribution is 0.0802. The predicted octanol–water partition coefficient (Wildman–Crippen LogP) is 0.659. The van der Waals surface area contributed by atoms with Gasteiger partial charge in [0.05, 0.1) is 28.3 Å². The minimum atomic E-state index is -1.02. The van der Waals surface area contributed by atoms with E-state index >= 15 is 0 Å². The molecular formula is C10H12Cl2N2O3. The summed E-state index contributed by atoms with van der Waals surface area (Å²) in [7, 11) is 0. The molecule has 0 aromatic heterocycles. The zero-order valence-corrected chi connectivity index (χ0v) is 10.3. The molecule has 1 amide bonds. The highest BCUT2D eigenvalue weighted by molar-refractivity contribution is 6.44. The van der Waals surface area contributed by atoms with Crippen LogP contribution in [0.15, 0.2) is 12.1 Å². The normalized spacial score (nSPS) is 12.2. The van der Waals surface area contributed by atoms with E-state index in [4.69, 9.17) is 39.1 Å². The number of nitrogens with two attached hydrogens (primary N) is 1. The van der Waals surface area contributed by atoms with Crippen LogP contribution in [0.1, 0.15) is 10.4 Å². The van der Waals surface area contributed by atoms with E-state index in [1.807, 2.05) is 0 Å². The summed E-state index contributed by atoms with van der Waals surface area (Å²) in [6.07, 6.45) is -1.02. The first-order valence-corrected chi connectivity index (χ1v) is 5.53. The van der Waals surface area contributed by atoms with Crippen LogP contribution in [-0.4, -0.2) is 35.4 Å². The molecule has 1 rings (SSSR count). The van der Waals surface area contributed by atoms with Crippen molar-refractivity contribution in [3.05, 3.63) is 27.7 Å². The fourth-order valence-electron chi connectivity index (χ4n) is 1.15. The highest BCUT2D eigenvalue weighted by Crippen LogP contribution is 2.28. The Labute approximate surface area is 108 Å². The van der Waals surface area contributed by atoms with Crippen molar-refractivity contribution in [2.45, 2.75) is 6.10 Å². The average molecular weight is 279 g/mol. The van der Waals surface area contributed by atoms with Gasteiger partial charge in [0.2, 0.25) is 0 Å². The van der Waals surface area contributed by atoms with Gasteiger partial charge in [-0.15, -0.1) is 0 Å². The molecule has 0 aliphatic heterocycles. The van der Waals surface area contributed by atoms with Crippen LogP contribution in [0.2, 0.25) is 10.0 Å². The number of hydrogen-bond acceptors (Lipinski definition) is 4. The van der Waals surface area contributed by atoms with Crippen molar-refractivity contribution in [3.8, 4) is 0 Å². The summed E-state index contributed by atoms with van der Waals surface area (Å²) in [5.74, 6) is -0.517. The monoisotopic (exact) mass is 278 g/mol. The number of anilines is 1. The molecule has 1 atom stereocenters. The summed E-state index contributed by atoms with van der Waals surface area (Å²) in [6, 6.07) is 2.82. The maximum atomic E-state index is 11.7. The van der Waals surface area contributed by atoms with Crippen LogP contribution in [-0.2, 0) is 0 Å². The van der Waals surface area contributed by atoms with Crippen LogP contribution in [0.3, 0.4) is 0 Å². The van der Waals surface area contributed by atoms with E-state index in [0.29, 0.717) is 5.69 Å². The van der Waals surface area contributed by atoms with Crippen molar-refractivity contribution in [3.63, 3.8) is 0 Å². The second-order valence-corrected chi connectivity index (χ2v) is 4.20. The van der Waals surface area contributed by atoms with Gasteiger partial charge in [-0.05, 0) is 12.1 Å². The molecule has 0 radical (unpaired) electrons. The van der Waals surface area contributed by atoms with Gasteiger partial charge in [-0.1, -0.05) is 23.2 Å². The van der Waals surface area contributed by atoms with Crippen LogP contribution >= 0.6 is 23.2 Å². The summed E-state index contributed by atoms with van der Waals surface area (Å²) >= 11 is 11.6. The Morgan fingerprint density at radius 1 is 1.47 bits per heavy atom. The molecule has 0 fully saturated rings. The predicted molar refractivity (Wildman–Crippen MR) is 66.3 cm³/mol. The van der Waals surface area contributed by atoms with Crippen LogP contribution < -0.4 is 11.1 Å². The zero-order valence-electron chi connectivity index (χ0n) is 8.78. The van der Waals surface area contributed by atoms with Gasteiger partial charge in [-0.25, -0.2) is 0 Å². The van der Waals surface area contributed by atoms with Crippen LogP contribution in [0.4, 0.5) is 5.69 Å². The molecule has 0 saturated heterocycles. The Morgan fingerprint density at radius 3 is 2.71 bits per heavy atom. The number of carbonyl (C=O) groups excluding carboxylic acids is 1. The van der Waals surface area contributed by atoms with Crippen molar-refractivity contribution in [2.24, 2.45) is 0 Å². The molecule has 0 saturated carbocycles. The maximum Gasteiger partial charge on any atom is 0.253 e. The van der Waals surface area contributed by atoms with E-state index in [1.54, 1.807) is 0 Å². The van der Waals surface area contributed by atoms with Gasteiger partial charge in [0.25, 0.3) is 5.91 Å². The third kappa shape index (κ3) is 3.74. The number of nitrogen functional groups attached to an aromatic ring is 1. The molecule has 0 bridgehead atoms. The number of rotatable bonds is 4. The topological polar surface area (TPSA) is 95.6 Å². The van der Waals surface area contributed by atoms with Gasteiger partial charge in [0.15, 0.2) is 0 Å². The molecule has 5 nitrogen and oxygen atoms in total. The number of benzene rings is 1. The summed E-state index contributed by atoms with van der Waals surface area (Å²) in [6.45, 7) is -0.524. The van der Waals surface area contributed by atoms with Gasteiger partial charge in [-0.2, -0.15) is 0 Å². The number of nitrogens with one attached hydrogen (secondary N) is 1. The summed E-state index contributed by atoms with van der Waals surface area (Å²) in [5.41, 5.74) is 5.97. The van der Waals surface area contributed by atoms with Crippen molar-refractivity contribution in [2.75, 3.05) is 18.9 Å². The molecule has 7 heteroatoms. The lowest BCUT2D eigenvalue weighted by atomic mass is 10.2. The summed E-state index contributed by atoms with van der Waals surface area (Å²) < 4.78 is 0. The Kier molecular flexibility index (Phi) is 5.02.